The fraction of sp³-hybridized carbons (Fsp3) is 0.294. The van der Waals surface area contributed by atoms with Gasteiger partial charge in [-0.1, -0.05) is 30.3 Å². The summed E-state index contributed by atoms with van der Waals surface area (Å²) in [6.45, 7) is 0.281. The second-order valence-corrected chi connectivity index (χ2v) is 8.02. The summed E-state index contributed by atoms with van der Waals surface area (Å²) in [6.07, 6.45) is 0. The van der Waals surface area contributed by atoms with Crippen LogP contribution in [-0.4, -0.2) is 26.8 Å². The minimum Gasteiger partial charge on any atom is -0.330 e. The van der Waals surface area contributed by atoms with Gasteiger partial charge >= 0.3 is 0 Å². The second kappa shape index (κ2) is 5.70. The van der Waals surface area contributed by atoms with Crippen molar-refractivity contribution in [3.8, 4) is 0 Å². The van der Waals surface area contributed by atoms with Crippen molar-refractivity contribution in [1.82, 2.24) is 0 Å². The van der Waals surface area contributed by atoms with Gasteiger partial charge in [-0.2, -0.15) is 0 Å². The first-order valence-corrected chi connectivity index (χ1v) is 8.96. The minimum absolute atomic E-state index is 0.140. The second-order valence-electron chi connectivity index (χ2n) is 5.95. The van der Waals surface area contributed by atoms with E-state index in [1.165, 1.54) is 12.1 Å². The van der Waals surface area contributed by atoms with Crippen molar-refractivity contribution in [2.75, 3.05) is 13.1 Å². The van der Waals surface area contributed by atoms with Crippen LogP contribution in [0.3, 0.4) is 0 Å². The predicted octanol–water partition coefficient (Wildman–Crippen LogP) is 1.67. The topological polar surface area (TPSA) is 86.2 Å². The molecule has 0 aromatic heterocycles. The van der Waals surface area contributed by atoms with Gasteiger partial charge in [0.25, 0.3) is 0 Å². The van der Waals surface area contributed by atoms with Gasteiger partial charge in [-0.15, -0.1) is 0 Å². The van der Waals surface area contributed by atoms with Gasteiger partial charge in [0.15, 0.2) is 9.84 Å². The van der Waals surface area contributed by atoms with E-state index in [4.69, 9.17) is 11.5 Å². The predicted molar refractivity (Wildman–Crippen MR) is 87.1 cm³/mol. The van der Waals surface area contributed by atoms with Crippen molar-refractivity contribution in [2.45, 2.75) is 16.1 Å². The van der Waals surface area contributed by atoms with Crippen LogP contribution in [0.5, 0.6) is 0 Å². The third-order valence-electron chi connectivity index (χ3n) is 4.75. The number of halogens is 1. The number of benzene rings is 2. The van der Waals surface area contributed by atoms with E-state index in [2.05, 4.69) is 0 Å². The average Bonchev–Trinajstić information content (AvgIpc) is 3.26. The monoisotopic (exact) mass is 334 g/mol. The molecule has 2 aromatic rings. The van der Waals surface area contributed by atoms with Crippen LogP contribution >= 0.6 is 0 Å². The van der Waals surface area contributed by atoms with Crippen LogP contribution in [0.1, 0.15) is 11.5 Å². The Bertz CT molecular complexity index is 804. The summed E-state index contributed by atoms with van der Waals surface area (Å²) in [7, 11) is -3.59. The number of hydrogen-bond donors (Lipinski definition) is 2. The van der Waals surface area contributed by atoms with Gasteiger partial charge in [0.2, 0.25) is 0 Å². The highest BCUT2D eigenvalue weighted by Crippen LogP contribution is 2.62. The van der Waals surface area contributed by atoms with Crippen molar-refractivity contribution in [3.05, 3.63) is 66.0 Å². The Hall–Kier alpha value is -1.76. The van der Waals surface area contributed by atoms with Crippen LogP contribution in [0.4, 0.5) is 4.39 Å². The summed E-state index contributed by atoms with van der Waals surface area (Å²) in [5.41, 5.74) is 11.6. The largest absolute Gasteiger partial charge is 0.330 e. The lowest BCUT2D eigenvalue weighted by molar-refractivity contribution is 0.509. The fourth-order valence-corrected chi connectivity index (χ4v) is 5.97. The zero-order valence-electron chi connectivity index (χ0n) is 12.5. The lowest BCUT2D eigenvalue weighted by atomic mass is 9.99. The highest BCUT2D eigenvalue weighted by molar-refractivity contribution is 7.92. The Morgan fingerprint density at radius 3 is 2.22 bits per heavy atom. The van der Waals surface area contributed by atoms with Gasteiger partial charge in [-0.25, -0.2) is 12.8 Å². The molecular weight excluding hydrogens is 315 g/mol. The number of hydrogen-bond acceptors (Lipinski definition) is 4. The SMILES string of the molecule is NCC1(CN)[C@H](c2cccc(F)c2)[C@H]1S(=O)(=O)c1ccccc1. The standard InChI is InChI=1S/C17H19FN2O2S/c18-13-6-4-5-12(9-13)15-16(17(15,10-19)11-20)23(21,22)14-7-2-1-3-8-14/h1-9,15-16H,10-11,19-20H2/t15-,16-/m1/s1. The maximum atomic E-state index is 13.5. The zero-order chi connectivity index (χ0) is 16.7. The average molecular weight is 334 g/mol. The molecule has 2 aromatic carbocycles. The Morgan fingerprint density at radius 1 is 1.00 bits per heavy atom. The number of rotatable bonds is 5. The molecule has 3 rings (SSSR count). The molecule has 1 aliphatic carbocycles. The van der Waals surface area contributed by atoms with E-state index in [1.54, 1.807) is 42.5 Å². The molecule has 0 unspecified atom stereocenters. The van der Waals surface area contributed by atoms with Crippen molar-refractivity contribution < 1.29 is 12.8 Å². The molecule has 0 amide bonds. The molecule has 1 fully saturated rings. The van der Waals surface area contributed by atoms with Gasteiger partial charge in [0, 0.05) is 24.4 Å². The summed E-state index contributed by atoms with van der Waals surface area (Å²) in [4.78, 5) is 0.246. The van der Waals surface area contributed by atoms with E-state index in [-0.39, 0.29) is 18.0 Å². The molecule has 4 nitrogen and oxygen atoms in total. The molecule has 0 aliphatic heterocycles. The van der Waals surface area contributed by atoms with Crippen LogP contribution in [0.25, 0.3) is 0 Å². The first-order chi connectivity index (χ1) is 11.0. The summed E-state index contributed by atoms with van der Waals surface area (Å²) >= 11 is 0. The van der Waals surface area contributed by atoms with Crippen LogP contribution in [-0.2, 0) is 9.84 Å². The van der Waals surface area contributed by atoms with Crippen molar-refractivity contribution in [3.63, 3.8) is 0 Å². The van der Waals surface area contributed by atoms with Crippen molar-refractivity contribution in [2.24, 2.45) is 16.9 Å². The smallest absolute Gasteiger partial charge is 0.182 e. The van der Waals surface area contributed by atoms with Gasteiger partial charge in [0.1, 0.15) is 5.82 Å². The third kappa shape index (κ3) is 2.47. The quantitative estimate of drug-likeness (QED) is 0.871. The molecule has 0 saturated heterocycles. The summed E-state index contributed by atoms with van der Waals surface area (Å²) in [5.74, 6) is -0.786. The molecule has 0 radical (unpaired) electrons. The summed E-state index contributed by atoms with van der Waals surface area (Å²) in [5, 5.41) is -0.728. The fourth-order valence-electron chi connectivity index (χ4n) is 3.47. The first kappa shape index (κ1) is 16.1. The van der Waals surface area contributed by atoms with E-state index in [9.17, 15) is 12.8 Å². The molecular formula is C17H19FN2O2S. The van der Waals surface area contributed by atoms with Crippen LogP contribution in [0.2, 0.25) is 0 Å². The minimum atomic E-state index is -3.59. The molecule has 4 N–H and O–H groups in total. The van der Waals surface area contributed by atoms with Crippen molar-refractivity contribution >= 4 is 9.84 Å². The third-order valence-corrected chi connectivity index (χ3v) is 7.09. The Labute approximate surface area is 135 Å². The molecule has 23 heavy (non-hydrogen) atoms. The molecule has 6 heteroatoms. The molecule has 2 atom stereocenters. The molecule has 122 valence electrons. The van der Waals surface area contributed by atoms with Gasteiger partial charge in [-0.05, 0) is 29.8 Å². The lowest BCUT2D eigenvalue weighted by Crippen LogP contribution is -2.31. The molecule has 1 saturated carbocycles. The Kier molecular flexibility index (Phi) is 4.00. The summed E-state index contributed by atoms with van der Waals surface area (Å²) < 4.78 is 39.5. The molecule has 0 spiro atoms. The van der Waals surface area contributed by atoms with Gasteiger partial charge < -0.3 is 11.5 Å². The van der Waals surface area contributed by atoms with Gasteiger partial charge in [0.05, 0.1) is 10.1 Å². The van der Waals surface area contributed by atoms with E-state index in [1.807, 2.05) is 0 Å². The molecule has 0 bridgehead atoms. The van der Waals surface area contributed by atoms with Gasteiger partial charge in [-0.3, -0.25) is 0 Å². The Balaban J connectivity index is 2.07. The normalized spacial score (nSPS) is 22.7. The van der Waals surface area contributed by atoms with E-state index in [0.29, 0.717) is 5.56 Å². The van der Waals surface area contributed by atoms with Crippen LogP contribution < -0.4 is 11.5 Å². The molecule has 0 heterocycles. The van der Waals surface area contributed by atoms with Crippen LogP contribution in [0.15, 0.2) is 59.5 Å². The van der Waals surface area contributed by atoms with E-state index in [0.717, 1.165) is 0 Å². The molecule has 1 aliphatic rings. The maximum absolute atomic E-state index is 13.5. The number of sulfone groups is 1. The maximum Gasteiger partial charge on any atom is 0.182 e. The highest BCUT2D eigenvalue weighted by atomic mass is 32.2. The summed E-state index contributed by atoms with van der Waals surface area (Å²) in [6, 6.07) is 14.3. The number of nitrogens with two attached hydrogens (primary N) is 2. The van der Waals surface area contributed by atoms with E-state index < -0.39 is 32.2 Å². The van der Waals surface area contributed by atoms with E-state index >= 15 is 0 Å². The highest BCUT2D eigenvalue weighted by Gasteiger charge is 2.69. The van der Waals surface area contributed by atoms with Crippen LogP contribution in [0, 0.1) is 11.2 Å². The zero-order valence-corrected chi connectivity index (χ0v) is 13.3. The Morgan fingerprint density at radius 2 is 1.65 bits per heavy atom. The lowest BCUT2D eigenvalue weighted by Gasteiger charge is -2.13. The first-order valence-electron chi connectivity index (χ1n) is 7.42. The van der Waals surface area contributed by atoms with Crippen molar-refractivity contribution in [1.29, 1.82) is 0 Å².